The first-order chi connectivity index (χ1) is 10.2. The van der Waals surface area contributed by atoms with Crippen LogP contribution < -0.4 is 0 Å². The summed E-state index contributed by atoms with van der Waals surface area (Å²) in [4.78, 5) is 14.5. The lowest BCUT2D eigenvalue weighted by molar-refractivity contribution is 0.0780. The topological polar surface area (TPSA) is 38.1 Å². The maximum absolute atomic E-state index is 12.6. The third kappa shape index (κ3) is 2.81. The zero-order valence-corrected chi connectivity index (χ0v) is 12.8. The maximum Gasteiger partial charge on any atom is 0.272 e. The minimum absolute atomic E-state index is 0.0788. The summed E-state index contributed by atoms with van der Waals surface area (Å²) in [6.45, 7) is 4.37. The van der Waals surface area contributed by atoms with Gasteiger partial charge >= 0.3 is 0 Å². The molecule has 1 aromatic carbocycles. The first kappa shape index (κ1) is 14.1. The van der Waals surface area contributed by atoms with E-state index in [4.69, 9.17) is 11.6 Å². The lowest BCUT2D eigenvalue weighted by atomic mass is 10.1. The Bertz CT molecular complexity index is 659. The van der Waals surface area contributed by atoms with Gasteiger partial charge in [-0.15, -0.1) is 0 Å². The lowest BCUT2D eigenvalue weighted by Gasteiger charge is -2.15. The maximum atomic E-state index is 12.6. The fraction of sp³-hybridized carbons (Fsp3) is 0.375. The van der Waals surface area contributed by atoms with E-state index in [9.17, 15) is 4.79 Å². The van der Waals surface area contributed by atoms with E-state index in [2.05, 4.69) is 5.10 Å². The molecule has 1 aromatic heterocycles. The quantitative estimate of drug-likeness (QED) is 0.871. The fourth-order valence-electron chi connectivity index (χ4n) is 2.70. The van der Waals surface area contributed by atoms with E-state index in [1.165, 1.54) is 0 Å². The second-order valence-electron chi connectivity index (χ2n) is 5.24. The van der Waals surface area contributed by atoms with Crippen molar-refractivity contribution in [2.45, 2.75) is 26.3 Å². The minimum atomic E-state index is 0.0788. The fourth-order valence-corrected chi connectivity index (χ4v) is 2.89. The van der Waals surface area contributed by atoms with E-state index in [1.807, 2.05) is 42.2 Å². The molecule has 0 radical (unpaired) electrons. The van der Waals surface area contributed by atoms with Gasteiger partial charge in [0, 0.05) is 30.2 Å². The molecule has 21 heavy (non-hydrogen) atoms. The third-order valence-corrected chi connectivity index (χ3v) is 4.05. The minimum Gasteiger partial charge on any atom is -0.337 e. The van der Waals surface area contributed by atoms with Crippen molar-refractivity contribution in [2.75, 3.05) is 13.1 Å². The van der Waals surface area contributed by atoms with Gasteiger partial charge in [0.2, 0.25) is 0 Å². The molecule has 0 saturated carbocycles. The lowest BCUT2D eigenvalue weighted by Crippen LogP contribution is -2.29. The SMILES string of the molecule is CCn1nc(-c2cccc(Cl)c2)cc1C(=O)N1CCCC1. The summed E-state index contributed by atoms with van der Waals surface area (Å²) in [5.74, 6) is 0.0788. The van der Waals surface area contributed by atoms with Crippen molar-refractivity contribution in [1.29, 1.82) is 0 Å². The van der Waals surface area contributed by atoms with Crippen molar-refractivity contribution < 1.29 is 4.79 Å². The molecular formula is C16H18ClN3O. The van der Waals surface area contributed by atoms with Crippen molar-refractivity contribution in [3.63, 3.8) is 0 Å². The molecule has 1 aliphatic heterocycles. The number of carbonyl (C=O) groups excluding carboxylic acids is 1. The zero-order chi connectivity index (χ0) is 14.8. The van der Waals surface area contributed by atoms with Gasteiger partial charge in [-0.25, -0.2) is 0 Å². The second-order valence-corrected chi connectivity index (χ2v) is 5.68. The summed E-state index contributed by atoms with van der Waals surface area (Å²) in [6, 6.07) is 9.42. The summed E-state index contributed by atoms with van der Waals surface area (Å²) in [7, 11) is 0. The van der Waals surface area contributed by atoms with Gasteiger partial charge in [-0.3, -0.25) is 9.48 Å². The van der Waals surface area contributed by atoms with Crippen LogP contribution in [-0.2, 0) is 6.54 Å². The number of hydrogen-bond acceptors (Lipinski definition) is 2. The van der Waals surface area contributed by atoms with E-state index in [-0.39, 0.29) is 5.91 Å². The smallest absolute Gasteiger partial charge is 0.272 e. The predicted molar refractivity (Wildman–Crippen MR) is 83.5 cm³/mol. The Morgan fingerprint density at radius 2 is 2.05 bits per heavy atom. The number of aryl methyl sites for hydroxylation is 1. The number of hydrogen-bond donors (Lipinski definition) is 0. The van der Waals surface area contributed by atoms with Crippen LogP contribution in [0.1, 0.15) is 30.3 Å². The highest BCUT2D eigenvalue weighted by molar-refractivity contribution is 6.30. The Balaban J connectivity index is 1.96. The van der Waals surface area contributed by atoms with E-state index in [0.29, 0.717) is 17.3 Å². The van der Waals surface area contributed by atoms with Crippen LogP contribution in [0.15, 0.2) is 30.3 Å². The standard InChI is InChI=1S/C16H18ClN3O/c1-2-20-15(16(21)19-8-3-4-9-19)11-14(18-20)12-6-5-7-13(17)10-12/h5-7,10-11H,2-4,8-9H2,1H3. The van der Waals surface area contributed by atoms with Gasteiger partial charge in [-0.05, 0) is 38.0 Å². The summed E-state index contributed by atoms with van der Waals surface area (Å²) >= 11 is 6.03. The molecule has 2 aromatic rings. The first-order valence-corrected chi connectivity index (χ1v) is 7.70. The molecule has 5 heteroatoms. The Morgan fingerprint density at radius 3 is 2.71 bits per heavy atom. The van der Waals surface area contributed by atoms with Gasteiger partial charge in [0.1, 0.15) is 5.69 Å². The molecule has 0 N–H and O–H groups in total. The summed E-state index contributed by atoms with van der Waals surface area (Å²) in [6.07, 6.45) is 2.18. The van der Waals surface area contributed by atoms with Crippen LogP contribution in [0.4, 0.5) is 0 Å². The molecule has 1 amide bonds. The average molecular weight is 304 g/mol. The number of nitrogens with zero attached hydrogens (tertiary/aromatic N) is 3. The van der Waals surface area contributed by atoms with Gasteiger partial charge in [0.25, 0.3) is 5.91 Å². The molecule has 2 heterocycles. The molecule has 0 atom stereocenters. The Kier molecular flexibility index (Phi) is 3.97. The van der Waals surface area contributed by atoms with Crippen LogP contribution in [-0.4, -0.2) is 33.7 Å². The number of halogens is 1. The highest BCUT2D eigenvalue weighted by atomic mass is 35.5. The molecule has 4 nitrogen and oxygen atoms in total. The molecule has 1 aliphatic rings. The molecule has 3 rings (SSSR count). The number of benzene rings is 1. The molecule has 0 bridgehead atoms. The molecule has 1 saturated heterocycles. The van der Waals surface area contributed by atoms with Crippen molar-refractivity contribution in [2.24, 2.45) is 0 Å². The van der Waals surface area contributed by atoms with Gasteiger partial charge < -0.3 is 4.90 Å². The van der Waals surface area contributed by atoms with Crippen molar-refractivity contribution in [3.8, 4) is 11.3 Å². The number of rotatable bonds is 3. The Morgan fingerprint density at radius 1 is 1.29 bits per heavy atom. The number of carbonyl (C=O) groups is 1. The van der Waals surface area contributed by atoms with Gasteiger partial charge in [0.15, 0.2) is 0 Å². The second kappa shape index (κ2) is 5.90. The average Bonchev–Trinajstić information content (AvgIpc) is 3.16. The molecule has 0 unspecified atom stereocenters. The van der Waals surface area contributed by atoms with Crippen LogP contribution in [0, 0.1) is 0 Å². The zero-order valence-electron chi connectivity index (χ0n) is 12.1. The van der Waals surface area contributed by atoms with Crippen LogP contribution in [0.2, 0.25) is 5.02 Å². The van der Waals surface area contributed by atoms with Crippen molar-refractivity contribution >= 4 is 17.5 Å². The predicted octanol–water partition coefficient (Wildman–Crippen LogP) is 3.46. The number of aromatic nitrogens is 2. The molecule has 110 valence electrons. The van der Waals surface area contributed by atoms with Crippen LogP contribution in [0.5, 0.6) is 0 Å². The number of likely N-dealkylation sites (tertiary alicyclic amines) is 1. The van der Waals surface area contributed by atoms with Crippen LogP contribution in [0.3, 0.4) is 0 Å². The van der Waals surface area contributed by atoms with E-state index in [1.54, 1.807) is 4.68 Å². The highest BCUT2D eigenvalue weighted by Gasteiger charge is 2.23. The highest BCUT2D eigenvalue weighted by Crippen LogP contribution is 2.23. The van der Waals surface area contributed by atoms with Gasteiger partial charge in [-0.2, -0.15) is 5.10 Å². The van der Waals surface area contributed by atoms with E-state index < -0.39 is 0 Å². The Hall–Kier alpha value is -1.81. The molecule has 0 aliphatic carbocycles. The van der Waals surface area contributed by atoms with Gasteiger partial charge in [0.05, 0.1) is 5.69 Å². The number of amides is 1. The molecule has 1 fully saturated rings. The van der Waals surface area contributed by atoms with Crippen LogP contribution >= 0.6 is 11.6 Å². The summed E-state index contributed by atoms with van der Waals surface area (Å²) in [5.41, 5.74) is 2.39. The first-order valence-electron chi connectivity index (χ1n) is 7.32. The Labute approximate surface area is 129 Å². The third-order valence-electron chi connectivity index (χ3n) is 3.81. The molecular weight excluding hydrogens is 286 g/mol. The van der Waals surface area contributed by atoms with Gasteiger partial charge in [-0.1, -0.05) is 23.7 Å². The molecule has 0 spiro atoms. The summed E-state index contributed by atoms with van der Waals surface area (Å²) < 4.78 is 1.77. The van der Waals surface area contributed by atoms with E-state index >= 15 is 0 Å². The van der Waals surface area contributed by atoms with Crippen LogP contribution in [0.25, 0.3) is 11.3 Å². The van der Waals surface area contributed by atoms with E-state index in [0.717, 1.165) is 37.2 Å². The van der Waals surface area contributed by atoms with Crippen molar-refractivity contribution in [1.82, 2.24) is 14.7 Å². The monoisotopic (exact) mass is 303 g/mol. The normalized spacial score (nSPS) is 14.7. The largest absolute Gasteiger partial charge is 0.337 e. The summed E-state index contributed by atoms with van der Waals surface area (Å²) in [5, 5.41) is 5.22. The van der Waals surface area contributed by atoms with Crippen molar-refractivity contribution in [3.05, 3.63) is 41.0 Å².